The van der Waals surface area contributed by atoms with Crippen molar-refractivity contribution in [2.75, 3.05) is 6.61 Å². The molecule has 0 fully saturated rings. The van der Waals surface area contributed by atoms with Crippen LogP contribution in [0.25, 0.3) is 0 Å². The molecule has 4 heteroatoms. The van der Waals surface area contributed by atoms with E-state index in [1.54, 1.807) is 0 Å². The van der Waals surface area contributed by atoms with Crippen molar-refractivity contribution in [1.82, 2.24) is 0 Å². The Labute approximate surface area is 240 Å². The molecule has 0 radical (unpaired) electrons. The van der Waals surface area contributed by atoms with Gasteiger partial charge in [-0.15, -0.1) is 0 Å². The number of rotatable bonds is 33. The predicted octanol–water partition coefficient (Wildman–Crippen LogP) is 13.6. The van der Waals surface area contributed by atoms with Crippen LogP contribution in [0.5, 0.6) is 0 Å². The van der Waals surface area contributed by atoms with Gasteiger partial charge in [0.05, 0.1) is 0 Å². The highest BCUT2D eigenvalue weighted by Gasteiger charge is 2.37. The summed E-state index contributed by atoms with van der Waals surface area (Å²) in [5, 5.41) is 0. The molecular formula is C34H70F2OSi. The summed E-state index contributed by atoms with van der Waals surface area (Å²) in [5.74, 6) is 0. The third-order valence-corrected chi connectivity index (χ3v) is 9.69. The first kappa shape index (κ1) is 38.0. The lowest BCUT2D eigenvalue weighted by Crippen LogP contribution is -2.27. The van der Waals surface area contributed by atoms with Crippen molar-refractivity contribution in [3.63, 3.8) is 0 Å². The Morgan fingerprint density at radius 3 is 0.868 bits per heavy atom. The molecule has 0 atom stereocenters. The zero-order valence-electron chi connectivity index (χ0n) is 26.3. The third-order valence-electron chi connectivity index (χ3n) is 8.13. The van der Waals surface area contributed by atoms with E-state index in [1.165, 1.54) is 161 Å². The van der Waals surface area contributed by atoms with Crippen molar-refractivity contribution >= 4 is 8.99 Å². The second-order valence-electron chi connectivity index (χ2n) is 12.1. The molecule has 0 aliphatic rings. The van der Waals surface area contributed by atoms with Crippen LogP contribution in [-0.4, -0.2) is 15.6 Å². The summed E-state index contributed by atoms with van der Waals surface area (Å²) in [4.78, 5) is 0. The van der Waals surface area contributed by atoms with Gasteiger partial charge in [0.15, 0.2) is 0 Å². The lowest BCUT2D eigenvalue weighted by Gasteiger charge is -2.13. The summed E-state index contributed by atoms with van der Waals surface area (Å²) < 4.78 is 33.2. The molecule has 38 heavy (non-hydrogen) atoms. The normalized spacial score (nSPS) is 12.0. The van der Waals surface area contributed by atoms with Gasteiger partial charge in [-0.25, -0.2) is 8.22 Å². The average Bonchev–Trinajstić information content (AvgIpc) is 2.90. The van der Waals surface area contributed by atoms with Crippen LogP contribution >= 0.6 is 0 Å². The smallest absolute Gasteiger partial charge is 0.368 e. The zero-order valence-corrected chi connectivity index (χ0v) is 27.3. The maximum atomic E-state index is 14.1. The summed E-state index contributed by atoms with van der Waals surface area (Å²) in [6, 6.07) is 0.0317. The van der Waals surface area contributed by atoms with E-state index in [9.17, 15) is 8.22 Å². The number of hydrogen-bond acceptors (Lipinski definition) is 1. The summed E-state index contributed by atoms with van der Waals surface area (Å²) in [6.45, 7) is 4.82. The van der Waals surface area contributed by atoms with Crippen LogP contribution in [0.3, 0.4) is 0 Å². The van der Waals surface area contributed by atoms with E-state index in [1.807, 2.05) is 0 Å². The molecule has 0 unspecified atom stereocenters. The monoisotopic (exact) mass is 561 g/mol. The van der Waals surface area contributed by atoms with Crippen LogP contribution in [0.4, 0.5) is 8.22 Å². The van der Waals surface area contributed by atoms with Gasteiger partial charge in [0.1, 0.15) is 0 Å². The van der Waals surface area contributed by atoms with Gasteiger partial charge in [-0.2, -0.15) is 0 Å². The zero-order chi connectivity index (χ0) is 27.8. The van der Waals surface area contributed by atoms with Gasteiger partial charge in [0.25, 0.3) is 0 Å². The van der Waals surface area contributed by atoms with Crippen LogP contribution in [0.2, 0.25) is 6.04 Å². The maximum Gasteiger partial charge on any atom is 0.577 e. The molecule has 0 aromatic rings. The quantitative estimate of drug-likeness (QED) is 0.0440. The minimum absolute atomic E-state index is 0.0317. The second kappa shape index (κ2) is 31.6. The largest absolute Gasteiger partial charge is 0.577 e. The number of unbranched alkanes of at least 4 members (excludes halogenated alkanes) is 28. The Balaban J connectivity index is 3.27. The van der Waals surface area contributed by atoms with Crippen molar-refractivity contribution in [3.05, 3.63) is 0 Å². The Kier molecular flexibility index (Phi) is 31.6. The fourth-order valence-electron chi connectivity index (χ4n) is 5.47. The Morgan fingerprint density at radius 2 is 0.579 bits per heavy atom. The van der Waals surface area contributed by atoms with Crippen molar-refractivity contribution in [2.24, 2.45) is 0 Å². The molecule has 0 saturated heterocycles. The Hall–Kier alpha value is 0.0369. The summed E-state index contributed by atoms with van der Waals surface area (Å²) >= 11 is 0. The third kappa shape index (κ3) is 32.2. The van der Waals surface area contributed by atoms with Gasteiger partial charge in [-0.05, 0) is 12.8 Å². The maximum absolute atomic E-state index is 14.1. The Morgan fingerprint density at radius 1 is 0.342 bits per heavy atom. The summed E-state index contributed by atoms with van der Waals surface area (Å²) in [7, 11) is -4.42. The minimum atomic E-state index is -4.42. The van der Waals surface area contributed by atoms with Gasteiger partial charge in [-0.1, -0.05) is 194 Å². The molecule has 0 aliphatic heterocycles. The highest BCUT2D eigenvalue weighted by Crippen LogP contribution is 2.21. The molecule has 0 heterocycles. The lowest BCUT2D eigenvalue weighted by atomic mass is 10.0. The molecule has 0 N–H and O–H groups in total. The van der Waals surface area contributed by atoms with Gasteiger partial charge in [-0.3, -0.25) is 0 Å². The highest BCUT2D eigenvalue weighted by molar-refractivity contribution is 6.59. The van der Waals surface area contributed by atoms with Crippen LogP contribution in [-0.2, 0) is 4.43 Å². The molecule has 0 rings (SSSR count). The topological polar surface area (TPSA) is 9.23 Å². The molecule has 0 bridgehead atoms. The van der Waals surface area contributed by atoms with E-state index in [-0.39, 0.29) is 12.7 Å². The van der Waals surface area contributed by atoms with Gasteiger partial charge in [0, 0.05) is 12.7 Å². The van der Waals surface area contributed by atoms with E-state index in [2.05, 4.69) is 13.8 Å². The molecule has 0 aromatic carbocycles. The molecule has 1 nitrogen and oxygen atoms in total. The molecule has 0 spiro atoms. The molecule has 0 saturated carbocycles. The van der Waals surface area contributed by atoms with Crippen LogP contribution in [0.15, 0.2) is 0 Å². The van der Waals surface area contributed by atoms with E-state index < -0.39 is 8.99 Å². The van der Waals surface area contributed by atoms with Gasteiger partial charge >= 0.3 is 8.99 Å². The molecule has 230 valence electrons. The van der Waals surface area contributed by atoms with Crippen LogP contribution < -0.4 is 0 Å². The predicted molar refractivity (Wildman–Crippen MR) is 169 cm³/mol. The van der Waals surface area contributed by atoms with Crippen molar-refractivity contribution in [1.29, 1.82) is 0 Å². The summed E-state index contributed by atoms with van der Waals surface area (Å²) in [6.07, 6.45) is 38.5. The van der Waals surface area contributed by atoms with Gasteiger partial charge < -0.3 is 4.43 Å². The summed E-state index contributed by atoms with van der Waals surface area (Å²) in [5.41, 5.74) is 0. The van der Waals surface area contributed by atoms with Crippen LogP contribution in [0, 0.1) is 0 Å². The van der Waals surface area contributed by atoms with Crippen molar-refractivity contribution in [2.45, 2.75) is 213 Å². The first-order chi connectivity index (χ1) is 18.6. The van der Waals surface area contributed by atoms with E-state index in [0.29, 0.717) is 6.42 Å². The number of halogens is 2. The number of hydrogen-bond donors (Lipinski definition) is 0. The second-order valence-corrected chi connectivity index (χ2v) is 14.2. The first-order valence-electron chi connectivity index (χ1n) is 17.6. The SMILES string of the molecule is CCCCCCCCCCCCCCCCCO[Si](F)(F)CCCCCCCCCCCCCCCCC. The molecule has 0 aliphatic carbocycles. The Bertz CT molecular complexity index is 433. The fraction of sp³-hybridized carbons (Fsp3) is 1.00. The van der Waals surface area contributed by atoms with Gasteiger partial charge in [0.2, 0.25) is 0 Å². The highest BCUT2D eigenvalue weighted by atomic mass is 28.4. The van der Waals surface area contributed by atoms with Crippen molar-refractivity contribution < 1.29 is 12.6 Å². The molecule has 0 amide bonds. The molecule has 0 aromatic heterocycles. The fourth-order valence-corrected chi connectivity index (χ4v) is 6.72. The van der Waals surface area contributed by atoms with E-state index in [0.717, 1.165) is 25.7 Å². The van der Waals surface area contributed by atoms with Crippen molar-refractivity contribution in [3.8, 4) is 0 Å². The standard InChI is InChI=1S/C34H70F2OSi/c1-3-5-7-9-11-13-15-17-19-21-23-25-27-29-31-33-37-38(35,36)34-32-30-28-26-24-22-20-18-16-14-12-10-8-6-4-2/h3-34H2,1-2H3. The van der Waals surface area contributed by atoms with E-state index in [4.69, 9.17) is 4.43 Å². The lowest BCUT2D eigenvalue weighted by molar-refractivity contribution is 0.214. The first-order valence-corrected chi connectivity index (χ1v) is 19.5. The minimum Gasteiger partial charge on any atom is -0.368 e. The average molecular weight is 561 g/mol. The van der Waals surface area contributed by atoms with E-state index >= 15 is 0 Å². The molecular weight excluding hydrogens is 490 g/mol. The van der Waals surface area contributed by atoms with Crippen LogP contribution in [0.1, 0.15) is 206 Å².